The molecule has 1 heterocycles. The van der Waals surface area contributed by atoms with Gasteiger partial charge in [-0.1, -0.05) is 24.4 Å². The second kappa shape index (κ2) is 2.78. The number of rotatable bonds is 1. The smallest absolute Gasteiger partial charge is 0.119 e. The van der Waals surface area contributed by atoms with Gasteiger partial charge in [0, 0.05) is 4.86 Å². The van der Waals surface area contributed by atoms with Gasteiger partial charge >= 0.3 is 0 Å². The molecule has 0 bridgehead atoms. The van der Waals surface area contributed by atoms with Crippen molar-refractivity contribution in [3.05, 3.63) is 30.5 Å². The van der Waals surface area contributed by atoms with Crippen molar-refractivity contribution >= 4 is 17.1 Å². The van der Waals surface area contributed by atoms with Crippen molar-refractivity contribution < 1.29 is 0 Å². The zero-order valence-corrected chi connectivity index (χ0v) is 6.03. The largest absolute Gasteiger partial charge is 0.375 e. The average molecular weight is 138 g/mol. The van der Waals surface area contributed by atoms with Crippen LogP contribution in [0.4, 0.5) is 0 Å². The Bertz CT molecular complexity index is 170. The van der Waals surface area contributed by atoms with Crippen LogP contribution in [0, 0.1) is 6.04 Å². The van der Waals surface area contributed by atoms with Gasteiger partial charge in [0.15, 0.2) is 0 Å². The topological polar surface area (TPSA) is 12.0 Å². The lowest BCUT2D eigenvalue weighted by Crippen LogP contribution is -2.20. The van der Waals surface area contributed by atoms with Crippen molar-refractivity contribution in [1.82, 2.24) is 5.32 Å². The van der Waals surface area contributed by atoms with Gasteiger partial charge in [-0.15, -0.1) is 0 Å². The van der Waals surface area contributed by atoms with Crippen LogP contribution >= 0.6 is 12.2 Å². The standard InChI is InChI=1S/C7H8NS/c1-6(9)7-4-2-3-5-8-7/h2-5,8H,1H3. The SMILES string of the molecule is CC(=S)[C]1C=CC=CN1. The molecule has 0 unspecified atom stereocenters. The van der Waals surface area contributed by atoms with E-state index in [-0.39, 0.29) is 0 Å². The summed E-state index contributed by atoms with van der Waals surface area (Å²) in [6.07, 6.45) is 7.72. The van der Waals surface area contributed by atoms with Gasteiger partial charge in [-0.05, 0) is 19.2 Å². The first-order valence-corrected chi connectivity index (χ1v) is 3.19. The Morgan fingerprint density at radius 1 is 1.56 bits per heavy atom. The molecule has 2 heteroatoms. The Morgan fingerprint density at radius 2 is 2.33 bits per heavy atom. The van der Waals surface area contributed by atoms with Crippen molar-refractivity contribution in [3.63, 3.8) is 0 Å². The summed E-state index contributed by atoms with van der Waals surface area (Å²) in [5, 5.41) is 3.03. The second-order valence-corrected chi connectivity index (χ2v) is 2.44. The van der Waals surface area contributed by atoms with Crippen LogP contribution in [0.25, 0.3) is 0 Å². The molecule has 0 saturated heterocycles. The van der Waals surface area contributed by atoms with Crippen LogP contribution in [0.5, 0.6) is 0 Å². The van der Waals surface area contributed by atoms with Gasteiger partial charge in [-0.2, -0.15) is 0 Å². The van der Waals surface area contributed by atoms with Crippen LogP contribution in [0.1, 0.15) is 6.92 Å². The number of thiocarbonyl (C=S) groups is 1. The minimum absolute atomic E-state index is 0.899. The quantitative estimate of drug-likeness (QED) is 0.552. The molecule has 0 aromatic carbocycles. The molecule has 0 amide bonds. The van der Waals surface area contributed by atoms with Crippen molar-refractivity contribution in [2.24, 2.45) is 0 Å². The minimum Gasteiger partial charge on any atom is -0.375 e. The van der Waals surface area contributed by atoms with Crippen LogP contribution in [0.3, 0.4) is 0 Å². The van der Waals surface area contributed by atoms with E-state index in [4.69, 9.17) is 12.2 Å². The molecule has 1 radical (unpaired) electrons. The van der Waals surface area contributed by atoms with E-state index >= 15 is 0 Å². The maximum Gasteiger partial charge on any atom is 0.119 e. The lowest BCUT2D eigenvalue weighted by atomic mass is 10.2. The highest BCUT2D eigenvalue weighted by molar-refractivity contribution is 7.80. The third kappa shape index (κ3) is 1.64. The van der Waals surface area contributed by atoms with E-state index in [1.165, 1.54) is 0 Å². The third-order valence-corrected chi connectivity index (χ3v) is 1.31. The molecule has 0 atom stereocenters. The highest BCUT2D eigenvalue weighted by Crippen LogP contribution is 2.04. The number of allylic oxidation sites excluding steroid dienone is 2. The van der Waals surface area contributed by atoms with E-state index in [0.29, 0.717) is 0 Å². The van der Waals surface area contributed by atoms with E-state index in [0.717, 1.165) is 10.9 Å². The van der Waals surface area contributed by atoms with Crippen LogP contribution in [-0.2, 0) is 0 Å². The van der Waals surface area contributed by atoms with Crippen molar-refractivity contribution in [2.75, 3.05) is 0 Å². The van der Waals surface area contributed by atoms with E-state index in [2.05, 4.69) is 5.32 Å². The molecule has 0 aliphatic carbocycles. The van der Waals surface area contributed by atoms with Gasteiger partial charge in [0.05, 0.1) is 0 Å². The molecule has 0 aromatic heterocycles. The molecule has 0 fully saturated rings. The van der Waals surface area contributed by atoms with Crippen molar-refractivity contribution in [3.8, 4) is 0 Å². The molecule has 1 nitrogen and oxygen atoms in total. The molecule has 1 aliphatic heterocycles. The van der Waals surface area contributed by atoms with Crippen LogP contribution < -0.4 is 5.32 Å². The third-order valence-electron chi connectivity index (χ3n) is 1.09. The highest BCUT2D eigenvalue weighted by Gasteiger charge is 2.05. The molecule has 0 aromatic rings. The van der Waals surface area contributed by atoms with Gasteiger partial charge in [0.25, 0.3) is 0 Å². The molecule has 47 valence electrons. The number of hydrogen-bond donors (Lipinski definition) is 1. The Balaban J connectivity index is 2.56. The lowest BCUT2D eigenvalue weighted by molar-refractivity contribution is 1.02. The minimum atomic E-state index is 0.899. The molecule has 0 saturated carbocycles. The molecule has 1 N–H and O–H groups in total. The predicted octanol–water partition coefficient (Wildman–Crippen LogP) is 1.58. The summed E-state index contributed by atoms with van der Waals surface area (Å²) in [6, 6.07) is 1.02. The molecular formula is C7H8NS. The second-order valence-electron chi connectivity index (χ2n) is 1.83. The van der Waals surface area contributed by atoms with E-state index in [9.17, 15) is 0 Å². The lowest BCUT2D eigenvalue weighted by Gasteiger charge is -2.11. The van der Waals surface area contributed by atoms with Crippen molar-refractivity contribution in [2.45, 2.75) is 6.92 Å². The first kappa shape index (κ1) is 6.49. The molecule has 0 spiro atoms. The monoisotopic (exact) mass is 138 g/mol. The Labute approximate surface area is 60.5 Å². The summed E-state index contributed by atoms with van der Waals surface area (Å²) in [7, 11) is 0. The molecule has 9 heavy (non-hydrogen) atoms. The van der Waals surface area contributed by atoms with Gasteiger partial charge < -0.3 is 5.32 Å². The van der Waals surface area contributed by atoms with Gasteiger partial charge in [0.1, 0.15) is 6.04 Å². The first-order chi connectivity index (χ1) is 4.30. The normalized spacial score (nSPS) is 17.4. The first-order valence-electron chi connectivity index (χ1n) is 2.78. The summed E-state index contributed by atoms with van der Waals surface area (Å²) < 4.78 is 0. The average Bonchev–Trinajstić information content (AvgIpc) is 1.90. The molecule has 1 rings (SSSR count). The predicted molar refractivity (Wildman–Crippen MR) is 42.9 cm³/mol. The van der Waals surface area contributed by atoms with Gasteiger partial charge in [-0.3, -0.25) is 0 Å². The fourth-order valence-electron chi connectivity index (χ4n) is 0.612. The zero-order valence-electron chi connectivity index (χ0n) is 5.22. The summed E-state index contributed by atoms with van der Waals surface area (Å²) in [6.45, 7) is 1.90. The Kier molecular flexibility index (Phi) is 2.01. The van der Waals surface area contributed by atoms with E-state index in [1.54, 1.807) is 0 Å². The van der Waals surface area contributed by atoms with Gasteiger partial charge in [0.2, 0.25) is 0 Å². The maximum atomic E-state index is 4.93. The summed E-state index contributed by atoms with van der Waals surface area (Å²) in [5.41, 5.74) is 0. The van der Waals surface area contributed by atoms with Gasteiger partial charge in [-0.25, -0.2) is 0 Å². The van der Waals surface area contributed by atoms with Crippen molar-refractivity contribution in [1.29, 1.82) is 0 Å². The maximum absolute atomic E-state index is 4.93. The molecular weight excluding hydrogens is 130 g/mol. The number of hydrogen-bond acceptors (Lipinski definition) is 2. The van der Waals surface area contributed by atoms with Crippen LogP contribution in [-0.4, -0.2) is 4.86 Å². The Hall–Kier alpha value is -0.630. The zero-order chi connectivity index (χ0) is 6.69. The van der Waals surface area contributed by atoms with E-state index in [1.807, 2.05) is 31.4 Å². The summed E-state index contributed by atoms with van der Waals surface area (Å²) >= 11 is 4.93. The highest BCUT2D eigenvalue weighted by atomic mass is 32.1. The van der Waals surface area contributed by atoms with E-state index < -0.39 is 0 Å². The van der Waals surface area contributed by atoms with Crippen LogP contribution in [0.2, 0.25) is 0 Å². The Morgan fingerprint density at radius 3 is 2.67 bits per heavy atom. The van der Waals surface area contributed by atoms with Crippen LogP contribution in [0.15, 0.2) is 24.4 Å². The summed E-state index contributed by atoms with van der Waals surface area (Å²) in [5.74, 6) is 0. The summed E-state index contributed by atoms with van der Waals surface area (Å²) in [4.78, 5) is 0.899. The number of nitrogens with one attached hydrogen (secondary N) is 1. The number of dihydropyridines is 1. The molecule has 1 aliphatic rings. The fourth-order valence-corrected chi connectivity index (χ4v) is 0.739. The fraction of sp³-hybridized carbons (Fsp3) is 0.143.